The molecular weight excluding hydrogens is 306 g/mol. The van der Waals surface area contributed by atoms with Gasteiger partial charge in [0.1, 0.15) is 0 Å². The first kappa shape index (κ1) is 16.5. The monoisotopic (exact) mass is 319 g/mol. The number of rotatable bonds is 6. The average Bonchev–Trinajstić information content (AvgIpc) is 2.30. The summed E-state index contributed by atoms with van der Waals surface area (Å²) < 4.78 is 24.0. The molecule has 1 aromatic rings. The van der Waals surface area contributed by atoms with Crippen molar-refractivity contribution in [2.75, 3.05) is 0 Å². The molecule has 0 fully saturated rings. The molecule has 0 saturated carbocycles. The Morgan fingerprint density at radius 2 is 2.00 bits per heavy atom. The number of amides is 1. The first-order valence-electron chi connectivity index (χ1n) is 5.65. The maximum Gasteiger partial charge on any atom is 0.304 e. The summed E-state index contributed by atoms with van der Waals surface area (Å²) in [5.41, 5.74) is 5.56. The molecule has 0 aliphatic rings. The maximum atomic E-state index is 12.0. The van der Waals surface area contributed by atoms with Crippen molar-refractivity contribution in [1.29, 1.82) is 0 Å². The van der Waals surface area contributed by atoms with Gasteiger partial charge in [-0.1, -0.05) is 17.7 Å². The molecule has 0 aliphatic heterocycles. The van der Waals surface area contributed by atoms with Gasteiger partial charge >= 0.3 is 5.97 Å². The summed E-state index contributed by atoms with van der Waals surface area (Å²) in [4.78, 5) is 21.5. The molecule has 8 heteroatoms. The number of primary amides is 1. The summed E-state index contributed by atoms with van der Waals surface area (Å²) in [6.45, 7) is 1.33. The minimum absolute atomic E-state index is 0.104. The Morgan fingerprint density at radius 1 is 1.40 bits per heavy atom. The van der Waals surface area contributed by atoms with E-state index in [9.17, 15) is 18.0 Å². The molecule has 20 heavy (non-hydrogen) atoms. The lowest BCUT2D eigenvalue weighted by atomic mass is 10.1. The van der Waals surface area contributed by atoms with Crippen LogP contribution in [0.3, 0.4) is 0 Å². The van der Waals surface area contributed by atoms with Crippen LogP contribution in [0.1, 0.15) is 29.3 Å². The lowest BCUT2D eigenvalue weighted by Crippen LogP contribution is -2.23. The van der Waals surface area contributed by atoms with E-state index in [0.29, 0.717) is 5.56 Å². The normalized spacial score (nSPS) is 12.9. The molecule has 0 radical (unpaired) electrons. The summed E-state index contributed by atoms with van der Waals surface area (Å²) in [6, 6.07) is 4.06. The van der Waals surface area contributed by atoms with E-state index in [1.807, 2.05) is 0 Å². The number of carbonyl (C=O) groups excluding carboxylic acids is 1. The topological polar surface area (TPSA) is 115 Å². The van der Waals surface area contributed by atoms with Crippen LogP contribution in [0.15, 0.2) is 18.2 Å². The average molecular weight is 320 g/mol. The molecule has 0 heterocycles. The van der Waals surface area contributed by atoms with E-state index in [2.05, 4.69) is 0 Å². The molecule has 0 bridgehead atoms. The number of nitrogens with two attached hydrogens (primary N) is 1. The van der Waals surface area contributed by atoms with E-state index >= 15 is 0 Å². The largest absolute Gasteiger partial charge is 0.481 e. The quantitative estimate of drug-likeness (QED) is 0.818. The molecule has 1 amide bonds. The van der Waals surface area contributed by atoms with Crippen LogP contribution in [0, 0.1) is 0 Å². The highest BCUT2D eigenvalue weighted by Gasteiger charge is 2.24. The molecule has 110 valence electrons. The number of carboxylic acid groups (broad SMARTS) is 1. The minimum atomic E-state index is -3.65. The van der Waals surface area contributed by atoms with Crippen LogP contribution >= 0.6 is 11.6 Å². The van der Waals surface area contributed by atoms with E-state index in [1.165, 1.54) is 25.1 Å². The van der Waals surface area contributed by atoms with E-state index in [-0.39, 0.29) is 16.3 Å². The number of benzene rings is 1. The van der Waals surface area contributed by atoms with Crippen molar-refractivity contribution < 1.29 is 23.1 Å². The van der Waals surface area contributed by atoms with Crippen LogP contribution in [-0.2, 0) is 20.4 Å². The SMILES string of the molecule is CC(CC(=O)O)S(=O)(=O)Cc1ccc(C(N)=O)cc1Cl. The highest BCUT2D eigenvalue weighted by atomic mass is 35.5. The molecule has 3 N–H and O–H groups in total. The summed E-state index contributed by atoms with van der Waals surface area (Å²) >= 11 is 5.90. The zero-order valence-corrected chi connectivity index (χ0v) is 12.2. The van der Waals surface area contributed by atoms with Crippen LogP contribution < -0.4 is 5.73 Å². The van der Waals surface area contributed by atoms with E-state index < -0.39 is 33.4 Å². The second-order valence-electron chi connectivity index (χ2n) is 4.39. The van der Waals surface area contributed by atoms with E-state index in [0.717, 1.165) is 0 Å². The molecule has 1 unspecified atom stereocenters. The number of carboxylic acids is 1. The first-order valence-corrected chi connectivity index (χ1v) is 7.74. The number of hydrogen-bond acceptors (Lipinski definition) is 4. The Hall–Kier alpha value is -1.60. The van der Waals surface area contributed by atoms with Gasteiger partial charge in [0.05, 0.1) is 17.4 Å². The van der Waals surface area contributed by atoms with Crippen LogP contribution in [0.2, 0.25) is 5.02 Å². The van der Waals surface area contributed by atoms with Crippen LogP contribution in [-0.4, -0.2) is 30.7 Å². The summed E-state index contributed by atoms with van der Waals surface area (Å²) in [5, 5.41) is 7.71. The number of hydrogen-bond donors (Lipinski definition) is 2. The molecule has 1 rings (SSSR count). The number of sulfone groups is 1. The third kappa shape index (κ3) is 4.21. The van der Waals surface area contributed by atoms with Crippen molar-refractivity contribution >= 4 is 33.3 Å². The Bertz CT molecular complexity index is 641. The Kier molecular flexibility index (Phi) is 5.13. The second-order valence-corrected chi connectivity index (χ2v) is 7.21. The smallest absolute Gasteiger partial charge is 0.304 e. The van der Waals surface area contributed by atoms with Gasteiger partial charge in [0.15, 0.2) is 9.84 Å². The summed E-state index contributed by atoms with van der Waals surface area (Å²) in [6.07, 6.45) is -0.473. The molecule has 0 spiro atoms. The second kappa shape index (κ2) is 6.23. The molecule has 6 nitrogen and oxygen atoms in total. The predicted octanol–water partition coefficient (Wildman–Crippen LogP) is 1.22. The van der Waals surface area contributed by atoms with Crippen molar-refractivity contribution in [2.45, 2.75) is 24.3 Å². The molecule has 0 aromatic heterocycles. The van der Waals surface area contributed by atoms with Gasteiger partial charge in [0.2, 0.25) is 5.91 Å². The standard InChI is InChI=1S/C12H14ClNO5S/c1-7(4-11(15)16)20(18,19)6-9-3-2-8(12(14)17)5-10(9)13/h2-3,5,7H,4,6H2,1H3,(H2,14,17)(H,15,16). The van der Waals surface area contributed by atoms with Gasteiger partial charge in [-0.15, -0.1) is 0 Å². The lowest BCUT2D eigenvalue weighted by molar-refractivity contribution is -0.136. The molecule has 0 aliphatic carbocycles. The number of carbonyl (C=O) groups is 2. The Labute approximate surface area is 121 Å². The lowest BCUT2D eigenvalue weighted by Gasteiger charge is -2.12. The number of aliphatic carboxylic acids is 1. The fraction of sp³-hybridized carbons (Fsp3) is 0.333. The molecule has 1 aromatic carbocycles. The summed E-state index contributed by atoms with van der Waals surface area (Å²) in [7, 11) is -3.65. The van der Waals surface area contributed by atoms with Gasteiger partial charge < -0.3 is 10.8 Å². The number of halogens is 1. The Morgan fingerprint density at radius 3 is 2.45 bits per heavy atom. The molecule has 0 saturated heterocycles. The van der Waals surface area contributed by atoms with Crippen molar-refractivity contribution in [3.63, 3.8) is 0 Å². The van der Waals surface area contributed by atoms with Crippen molar-refractivity contribution in [3.05, 3.63) is 34.3 Å². The van der Waals surface area contributed by atoms with Crippen molar-refractivity contribution in [2.24, 2.45) is 5.73 Å². The van der Waals surface area contributed by atoms with Crippen molar-refractivity contribution in [1.82, 2.24) is 0 Å². The van der Waals surface area contributed by atoms with Gasteiger partial charge in [-0.3, -0.25) is 9.59 Å². The van der Waals surface area contributed by atoms with E-state index in [1.54, 1.807) is 0 Å². The molecular formula is C12H14ClNO5S. The highest BCUT2D eigenvalue weighted by molar-refractivity contribution is 7.91. The zero-order chi connectivity index (χ0) is 15.5. The van der Waals surface area contributed by atoms with Crippen LogP contribution in [0.25, 0.3) is 0 Å². The van der Waals surface area contributed by atoms with Gasteiger partial charge in [-0.2, -0.15) is 0 Å². The van der Waals surface area contributed by atoms with Crippen LogP contribution in [0.4, 0.5) is 0 Å². The van der Waals surface area contributed by atoms with E-state index in [4.69, 9.17) is 22.4 Å². The third-order valence-corrected chi connectivity index (χ3v) is 5.23. The van der Waals surface area contributed by atoms with Gasteiger partial charge in [-0.25, -0.2) is 8.42 Å². The van der Waals surface area contributed by atoms with Gasteiger partial charge in [0.25, 0.3) is 0 Å². The summed E-state index contributed by atoms with van der Waals surface area (Å²) in [5.74, 6) is -2.24. The van der Waals surface area contributed by atoms with Crippen molar-refractivity contribution in [3.8, 4) is 0 Å². The Balaban J connectivity index is 2.98. The maximum absolute atomic E-state index is 12.0. The first-order chi connectivity index (χ1) is 9.13. The zero-order valence-electron chi connectivity index (χ0n) is 10.7. The fourth-order valence-corrected chi connectivity index (χ4v) is 3.24. The third-order valence-electron chi connectivity index (χ3n) is 2.77. The van der Waals surface area contributed by atoms with Gasteiger partial charge in [0, 0.05) is 10.6 Å². The predicted molar refractivity (Wildman–Crippen MR) is 74.3 cm³/mol. The molecule has 1 atom stereocenters. The minimum Gasteiger partial charge on any atom is -0.481 e. The highest BCUT2D eigenvalue weighted by Crippen LogP contribution is 2.22. The fourth-order valence-electron chi connectivity index (χ4n) is 1.55. The van der Waals surface area contributed by atoms with Crippen LogP contribution in [0.5, 0.6) is 0 Å². The van der Waals surface area contributed by atoms with Gasteiger partial charge in [-0.05, 0) is 24.6 Å².